The number of imide groups is 1. The molecule has 3 fully saturated rings. The first-order valence-corrected chi connectivity index (χ1v) is 6.27. The average molecular weight is 259 g/mol. The Hall–Kier alpha value is -1.76. The van der Waals surface area contributed by atoms with Crippen molar-refractivity contribution >= 4 is 11.8 Å². The van der Waals surface area contributed by atoms with E-state index >= 15 is 0 Å². The fourth-order valence-corrected chi connectivity index (χ4v) is 3.12. The molecule has 4 aliphatic rings. The highest BCUT2D eigenvalue weighted by molar-refractivity contribution is 6.05. The topological polar surface area (TPSA) is 75.9 Å². The van der Waals surface area contributed by atoms with Crippen LogP contribution in [0.3, 0.4) is 0 Å². The van der Waals surface area contributed by atoms with E-state index in [9.17, 15) is 9.59 Å². The summed E-state index contributed by atoms with van der Waals surface area (Å²) in [4.78, 5) is 31.1. The molecule has 0 radical (unpaired) electrons. The highest BCUT2D eigenvalue weighted by Gasteiger charge is 2.68. The Bertz CT molecular complexity index is 578. The molecule has 0 aromatic heterocycles. The van der Waals surface area contributed by atoms with Gasteiger partial charge in [-0.15, -0.1) is 5.06 Å². The van der Waals surface area contributed by atoms with Gasteiger partial charge < -0.3 is 5.73 Å². The van der Waals surface area contributed by atoms with Gasteiger partial charge in [0.2, 0.25) is 5.72 Å². The van der Waals surface area contributed by atoms with E-state index in [1.165, 1.54) is 11.1 Å². The first-order valence-electron chi connectivity index (χ1n) is 6.27. The third kappa shape index (κ3) is 1.21. The summed E-state index contributed by atoms with van der Waals surface area (Å²) in [7, 11) is 0. The number of hydrogen-bond donors (Lipinski definition) is 1. The Balaban J connectivity index is 1.68. The zero-order valence-corrected chi connectivity index (χ0v) is 10.2. The Morgan fingerprint density at radius 3 is 2.37 bits per heavy atom. The van der Waals surface area contributed by atoms with Crippen LogP contribution in [0, 0.1) is 0 Å². The molecule has 2 atom stereocenters. The maximum Gasteiger partial charge on any atom is 0.305 e. The van der Waals surface area contributed by atoms with E-state index in [1.54, 1.807) is 0 Å². The summed E-state index contributed by atoms with van der Waals surface area (Å²) < 4.78 is 0. The van der Waals surface area contributed by atoms with Crippen LogP contribution in [-0.4, -0.2) is 33.5 Å². The molecule has 1 aromatic rings. The first-order chi connectivity index (χ1) is 9.13. The van der Waals surface area contributed by atoms with Gasteiger partial charge in [-0.2, -0.15) is 0 Å². The first kappa shape index (κ1) is 11.1. The molecule has 6 nitrogen and oxygen atoms in total. The molecule has 6 heteroatoms. The van der Waals surface area contributed by atoms with Crippen LogP contribution in [0.1, 0.15) is 17.5 Å². The smallest absolute Gasteiger partial charge is 0.305 e. The van der Waals surface area contributed by atoms with Crippen molar-refractivity contribution in [3.05, 3.63) is 35.4 Å². The van der Waals surface area contributed by atoms with Gasteiger partial charge in [0.25, 0.3) is 5.91 Å². The molecule has 0 saturated carbocycles. The molecule has 1 aromatic carbocycles. The molecule has 2 N–H and O–H groups in total. The molecule has 3 saturated heterocycles. The molecule has 0 spiro atoms. The predicted molar refractivity (Wildman–Crippen MR) is 64.0 cm³/mol. The van der Waals surface area contributed by atoms with E-state index in [1.807, 2.05) is 29.2 Å². The van der Waals surface area contributed by atoms with Crippen LogP contribution < -0.4 is 5.73 Å². The predicted octanol–water partition coefficient (Wildman–Crippen LogP) is -0.270. The van der Waals surface area contributed by atoms with Crippen LogP contribution in [0.25, 0.3) is 0 Å². The number of hydroxylamine groups is 2. The molecule has 19 heavy (non-hydrogen) atoms. The molecule has 0 aliphatic carbocycles. The summed E-state index contributed by atoms with van der Waals surface area (Å²) >= 11 is 0. The van der Waals surface area contributed by atoms with E-state index in [2.05, 4.69) is 0 Å². The minimum Gasteiger partial charge on any atom is -0.323 e. The van der Waals surface area contributed by atoms with Gasteiger partial charge in [-0.05, 0) is 11.1 Å². The Kier molecular flexibility index (Phi) is 1.99. The average Bonchev–Trinajstić information content (AvgIpc) is 2.80. The second-order valence-corrected chi connectivity index (χ2v) is 5.22. The van der Waals surface area contributed by atoms with Crippen LogP contribution >= 0.6 is 0 Å². The molecule has 98 valence electrons. The third-order valence-corrected chi connectivity index (χ3v) is 4.16. The van der Waals surface area contributed by atoms with Gasteiger partial charge in [0.05, 0.1) is 6.04 Å². The highest BCUT2D eigenvalue weighted by Crippen LogP contribution is 2.43. The van der Waals surface area contributed by atoms with Crippen LogP contribution in [-0.2, 0) is 27.5 Å². The van der Waals surface area contributed by atoms with Gasteiger partial charge in [-0.3, -0.25) is 14.5 Å². The maximum absolute atomic E-state index is 12.2. The van der Waals surface area contributed by atoms with Crippen molar-refractivity contribution in [1.82, 2.24) is 9.96 Å². The summed E-state index contributed by atoms with van der Waals surface area (Å²) in [6.45, 7) is 1.25. The van der Waals surface area contributed by atoms with E-state index < -0.39 is 11.8 Å². The zero-order chi connectivity index (χ0) is 13.2. The third-order valence-electron chi connectivity index (χ3n) is 4.16. The lowest BCUT2D eigenvalue weighted by Gasteiger charge is -2.56. The van der Waals surface area contributed by atoms with Crippen molar-refractivity contribution in [3.63, 3.8) is 0 Å². The number of carbonyl (C=O) groups is 2. The number of amides is 2. The van der Waals surface area contributed by atoms with Gasteiger partial charge in [-0.25, -0.2) is 4.84 Å². The number of hydrogen-bond acceptors (Lipinski definition) is 5. The highest BCUT2D eigenvalue weighted by atomic mass is 16.8. The molecule has 2 unspecified atom stereocenters. The number of fused-ring (bicyclic) bond motifs is 3. The van der Waals surface area contributed by atoms with Crippen LogP contribution in [0.15, 0.2) is 24.3 Å². The van der Waals surface area contributed by atoms with Crippen molar-refractivity contribution in [3.8, 4) is 0 Å². The lowest BCUT2D eigenvalue weighted by molar-refractivity contribution is -0.355. The lowest BCUT2D eigenvalue weighted by atomic mass is 9.91. The number of carbonyl (C=O) groups excluding carboxylic acids is 2. The quantitative estimate of drug-likeness (QED) is 0.703. The number of piperidine rings is 1. The van der Waals surface area contributed by atoms with Crippen LogP contribution in [0.5, 0.6) is 0 Å². The molecular weight excluding hydrogens is 246 g/mol. The minimum atomic E-state index is -1.15. The molecule has 5 rings (SSSR count). The minimum absolute atomic E-state index is 0.151. The van der Waals surface area contributed by atoms with Gasteiger partial charge >= 0.3 is 5.91 Å². The standard InChI is InChI=1S/C13H13N3O3/c14-10-5-11(17)16-12(18)13(10,19-16)15-6-8-3-1-2-4-9(8)7-15/h1-4,10H,5-7,14H2. The van der Waals surface area contributed by atoms with E-state index in [0.717, 1.165) is 5.06 Å². The summed E-state index contributed by atoms with van der Waals surface area (Å²) in [5.74, 6) is -0.680. The largest absolute Gasteiger partial charge is 0.323 e. The molecule has 2 amide bonds. The second-order valence-electron chi connectivity index (χ2n) is 5.22. The monoisotopic (exact) mass is 259 g/mol. The van der Waals surface area contributed by atoms with E-state index in [4.69, 9.17) is 10.6 Å². The van der Waals surface area contributed by atoms with Crippen LogP contribution in [0.2, 0.25) is 0 Å². The summed E-state index contributed by atoms with van der Waals surface area (Å²) in [5, 5.41) is 0.840. The van der Waals surface area contributed by atoms with E-state index in [0.29, 0.717) is 13.1 Å². The number of benzene rings is 1. The van der Waals surface area contributed by atoms with Gasteiger partial charge in [0, 0.05) is 19.5 Å². The zero-order valence-electron chi connectivity index (χ0n) is 10.2. The summed E-state index contributed by atoms with van der Waals surface area (Å²) in [6, 6.07) is 7.41. The summed E-state index contributed by atoms with van der Waals surface area (Å²) in [5.41, 5.74) is 7.22. The number of nitrogens with two attached hydrogens (primary N) is 1. The SMILES string of the molecule is NC1CC(=O)N2OC1(N1Cc3ccccc3C1)C2=O. The maximum atomic E-state index is 12.2. The molecule has 2 bridgehead atoms. The fourth-order valence-electron chi connectivity index (χ4n) is 3.12. The second kappa shape index (κ2) is 3.41. The van der Waals surface area contributed by atoms with Crippen molar-refractivity contribution < 1.29 is 14.4 Å². The van der Waals surface area contributed by atoms with E-state index in [-0.39, 0.29) is 18.2 Å². The van der Waals surface area contributed by atoms with Gasteiger partial charge in [-0.1, -0.05) is 24.3 Å². The molecular formula is C13H13N3O3. The molecule has 4 aliphatic heterocycles. The van der Waals surface area contributed by atoms with Gasteiger partial charge in [0.15, 0.2) is 0 Å². The number of rotatable bonds is 1. The Morgan fingerprint density at radius 2 is 1.84 bits per heavy atom. The van der Waals surface area contributed by atoms with Crippen molar-refractivity contribution in [2.75, 3.05) is 0 Å². The van der Waals surface area contributed by atoms with Crippen molar-refractivity contribution in [2.24, 2.45) is 5.73 Å². The van der Waals surface area contributed by atoms with Crippen LogP contribution in [0.4, 0.5) is 0 Å². The van der Waals surface area contributed by atoms with Crippen molar-refractivity contribution in [2.45, 2.75) is 31.3 Å². The lowest BCUT2D eigenvalue weighted by Crippen LogP contribution is -2.82. The molecule has 4 heterocycles. The number of nitrogens with zero attached hydrogens (tertiary/aromatic N) is 2. The Morgan fingerprint density at radius 1 is 1.21 bits per heavy atom. The van der Waals surface area contributed by atoms with Crippen molar-refractivity contribution in [1.29, 1.82) is 0 Å². The normalized spacial score (nSPS) is 33.3. The Labute approximate surface area is 109 Å². The van der Waals surface area contributed by atoms with Gasteiger partial charge in [0.1, 0.15) is 0 Å². The fraction of sp³-hybridized carbons (Fsp3) is 0.385. The summed E-state index contributed by atoms with van der Waals surface area (Å²) in [6.07, 6.45) is 0.151.